The minimum atomic E-state index is -5.18. The molecule has 0 atom stereocenters. The molecule has 1 aliphatic heterocycles. The smallest absolute Gasteiger partial charge is 0.374 e. The number of ketones is 1. The summed E-state index contributed by atoms with van der Waals surface area (Å²) < 4.78 is 40.3. The van der Waals surface area contributed by atoms with Gasteiger partial charge in [-0.15, -0.1) is 0 Å². The van der Waals surface area contributed by atoms with Crippen molar-refractivity contribution >= 4 is 38.4 Å². The summed E-state index contributed by atoms with van der Waals surface area (Å²) in [5.74, 6) is 2.40. The molecular formula is C18H19F3N4O2S. The zero-order valence-electron chi connectivity index (χ0n) is 15.1. The highest BCUT2D eigenvalue weighted by atomic mass is 32.1. The first-order valence-corrected chi connectivity index (χ1v) is 9.54. The number of nitrogens with zero attached hydrogens (tertiary/aromatic N) is 3. The Kier molecular flexibility index (Phi) is 5.71. The van der Waals surface area contributed by atoms with Crippen LogP contribution in [0.1, 0.15) is 26.2 Å². The van der Waals surface area contributed by atoms with E-state index in [1.807, 2.05) is 0 Å². The van der Waals surface area contributed by atoms with Gasteiger partial charge in [-0.25, -0.2) is 15.8 Å². The molecule has 150 valence electrons. The van der Waals surface area contributed by atoms with E-state index in [9.17, 15) is 22.8 Å². The van der Waals surface area contributed by atoms with Gasteiger partial charge in [0.1, 0.15) is 5.57 Å². The number of hydrogen-bond acceptors (Lipinski definition) is 6. The van der Waals surface area contributed by atoms with Crippen molar-refractivity contribution in [2.45, 2.75) is 32.4 Å². The van der Waals surface area contributed by atoms with Gasteiger partial charge in [-0.1, -0.05) is 23.5 Å². The fourth-order valence-corrected chi connectivity index (χ4v) is 4.00. The highest BCUT2D eigenvalue weighted by Crippen LogP contribution is 2.31. The van der Waals surface area contributed by atoms with E-state index in [0.29, 0.717) is 23.6 Å². The fraction of sp³-hybridized carbons (Fsp3) is 0.389. The lowest BCUT2D eigenvalue weighted by Gasteiger charge is -2.31. The van der Waals surface area contributed by atoms with Crippen LogP contribution >= 0.6 is 11.3 Å². The molecule has 6 nitrogen and oxygen atoms in total. The zero-order chi connectivity index (χ0) is 20.5. The second kappa shape index (κ2) is 7.88. The van der Waals surface area contributed by atoms with Crippen molar-refractivity contribution in [3.05, 3.63) is 35.5 Å². The van der Waals surface area contributed by atoms with E-state index in [2.05, 4.69) is 4.98 Å². The Morgan fingerprint density at radius 3 is 2.43 bits per heavy atom. The molecule has 0 bridgehead atoms. The predicted octanol–water partition coefficient (Wildman–Crippen LogP) is 3.39. The number of thiazole rings is 1. The Morgan fingerprint density at radius 2 is 1.82 bits per heavy atom. The Hall–Kier alpha value is -2.46. The number of Topliss-reactive ketones (excluding diaryl/α,β-unsaturated/α-hetero) is 1. The van der Waals surface area contributed by atoms with E-state index >= 15 is 0 Å². The van der Waals surface area contributed by atoms with E-state index in [1.54, 1.807) is 29.2 Å². The van der Waals surface area contributed by atoms with Crippen LogP contribution in [-0.4, -0.2) is 40.8 Å². The number of nitrogens with two attached hydrogens (primary N) is 1. The zero-order valence-corrected chi connectivity index (χ0v) is 15.9. The van der Waals surface area contributed by atoms with Gasteiger partial charge >= 0.3 is 6.18 Å². The molecule has 1 aromatic heterocycles. The molecule has 0 aliphatic carbocycles. The van der Waals surface area contributed by atoms with Crippen molar-refractivity contribution in [1.29, 1.82) is 0 Å². The third-order valence-corrected chi connectivity index (χ3v) is 5.63. The summed E-state index contributed by atoms with van der Waals surface area (Å²) in [5.41, 5.74) is -0.411. The average Bonchev–Trinajstić information content (AvgIpc) is 3.11. The van der Waals surface area contributed by atoms with Crippen LogP contribution in [0.15, 0.2) is 35.5 Å². The number of halogens is 3. The van der Waals surface area contributed by atoms with Gasteiger partial charge in [0.05, 0.1) is 10.2 Å². The van der Waals surface area contributed by atoms with Gasteiger partial charge in [0.2, 0.25) is 5.13 Å². The first-order valence-electron chi connectivity index (χ1n) is 8.72. The molecule has 1 amide bonds. The second-order valence-corrected chi connectivity index (χ2v) is 7.48. The maximum atomic E-state index is 13.2. The number of rotatable bonds is 4. The molecule has 0 radical (unpaired) electrons. The van der Waals surface area contributed by atoms with Gasteiger partial charge in [-0.3, -0.25) is 9.59 Å². The molecule has 1 aromatic carbocycles. The van der Waals surface area contributed by atoms with E-state index in [1.165, 1.54) is 6.92 Å². The third kappa shape index (κ3) is 4.02. The van der Waals surface area contributed by atoms with Crippen molar-refractivity contribution in [3.63, 3.8) is 0 Å². The first kappa shape index (κ1) is 20.3. The van der Waals surface area contributed by atoms with Crippen LogP contribution in [0.5, 0.6) is 0 Å². The van der Waals surface area contributed by atoms with Crippen molar-refractivity contribution < 1.29 is 22.8 Å². The Morgan fingerprint density at radius 1 is 1.18 bits per heavy atom. The molecular weight excluding hydrogens is 393 g/mol. The monoisotopic (exact) mass is 412 g/mol. The van der Waals surface area contributed by atoms with Gasteiger partial charge in [0.15, 0.2) is 0 Å². The molecule has 1 saturated heterocycles. The number of alkyl halides is 3. The lowest BCUT2D eigenvalue weighted by molar-refractivity contribution is -0.167. The Bertz CT molecular complexity index is 899. The minimum Gasteiger partial charge on any atom is -0.374 e. The maximum Gasteiger partial charge on any atom is 0.455 e. The molecule has 2 N–H and O–H groups in total. The molecule has 1 fully saturated rings. The summed E-state index contributed by atoms with van der Waals surface area (Å²) in [6, 6.07) is 6.97. The number of anilines is 1. The number of benzene rings is 1. The normalized spacial score (nSPS) is 16.1. The number of hydrazine groups is 1. The van der Waals surface area contributed by atoms with Gasteiger partial charge in [0.25, 0.3) is 11.7 Å². The minimum absolute atomic E-state index is 0.0106. The number of allylic oxidation sites excluding steroid dienone is 1. The average molecular weight is 412 g/mol. The standard InChI is InChI=1S/C18H19F3N4O2S/c1-11(24-9-5-2-6-10-24)14(15(26)18(19,20)21)16(27)25(22)17-23-12-7-3-4-8-13(12)28-17/h3-4,7-8H,2,5-6,9-10,22H2,1H3. The van der Waals surface area contributed by atoms with E-state index in [0.717, 1.165) is 35.3 Å². The van der Waals surface area contributed by atoms with Crippen LogP contribution in [0, 0.1) is 0 Å². The quantitative estimate of drug-likeness (QED) is 0.208. The van der Waals surface area contributed by atoms with E-state index in [-0.39, 0.29) is 10.8 Å². The second-order valence-electron chi connectivity index (χ2n) is 6.47. The molecule has 3 rings (SSSR count). The number of likely N-dealkylation sites (tertiary alicyclic amines) is 1. The molecule has 10 heteroatoms. The number of hydrogen-bond donors (Lipinski definition) is 1. The molecule has 0 saturated carbocycles. The van der Waals surface area contributed by atoms with Crippen LogP contribution < -0.4 is 10.9 Å². The topological polar surface area (TPSA) is 79.5 Å². The first-order chi connectivity index (χ1) is 13.2. The predicted molar refractivity (Wildman–Crippen MR) is 100 cm³/mol. The van der Waals surface area contributed by atoms with Crippen LogP contribution in [0.3, 0.4) is 0 Å². The third-order valence-electron chi connectivity index (χ3n) is 4.60. The van der Waals surface area contributed by atoms with E-state index in [4.69, 9.17) is 5.84 Å². The summed E-state index contributed by atoms with van der Waals surface area (Å²) in [5, 5.41) is 0.544. The number of fused-ring (bicyclic) bond motifs is 1. The molecule has 0 unspecified atom stereocenters. The van der Waals surface area contributed by atoms with Crippen LogP contribution in [0.25, 0.3) is 10.2 Å². The van der Waals surface area contributed by atoms with Gasteiger partial charge in [-0.05, 0) is 38.3 Å². The van der Waals surface area contributed by atoms with Gasteiger partial charge < -0.3 is 4.90 Å². The fourth-order valence-electron chi connectivity index (χ4n) is 3.12. The maximum absolute atomic E-state index is 13.2. The van der Waals surface area contributed by atoms with Crippen molar-refractivity contribution in [2.75, 3.05) is 18.1 Å². The van der Waals surface area contributed by atoms with E-state index < -0.39 is 23.4 Å². The summed E-state index contributed by atoms with van der Waals surface area (Å²) in [7, 11) is 0. The van der Waals surface area contributed by atoms with Crippen LogP contribution in [0.4, 0.5) is 18.3 Å². The molecule has 28 heavy (non-hydrogen) atoms. The van der Waals surface area contributed by atoms with Crippen molar-refractivity contribution in [2.24, 2.45) is 5.84 Å². The largest absolute Gasteiger partial charge is 0.455 e. The highest BCUT2D eigenvalue weighted by molar-refractivity contribution is 7.22. The van der Waals surface area contributed by atoms with Crippen LogP contribution in [-0.2, 0) is 9.59 Å². The summed E-state index contributed by atoms with van der Waals surface area (Å²) in [4.78, 5) is 30.7. The Labute approximate surface area is 163 Å². The van der Waals surface area contributed by atoms with Crippen LogP contribution in [0.2, 0.25) is 0 Å². The lowest BCUT2D eigenvalue weighted by Crippen LogP contribution is -2.44. The molecule has 2 heterocycles. The van der Waals surface area contributed by atoms with Crippen molar-refractivity contribution in [1.82, 2.24) is 9.88 Å². The highest BCUT2D eigenvalue weighted by Gasteiger charge is 2.45. The number of para-hydroxylation sites is 1. The SMILES string of the molecule is CC(=C(C(=O)N(N)c1nc2ccccc2s1)C(=O)C(F)(F)F)N1CCCCC1. The van der Waals surface area contributed by atoms with Crippen molar-refractivity contribution in [3.8, 4) is 0 Å². The molecule has 0 spiro atoms. The number of amides is 1. The summed E-state index contributed by atoms with van der Waals surface area (Å²) in [6.45, 7) is 2.33. The summed E-state index contributed by atoms with van der Waals surface area (Å²) >= 11 is 1.06. The number of carbonyl (C=O) groups excluding carboxylic acids is 2. The van der Waals surface area contributed by atoms with Gasteiger partial charge in [0, 0.05) is 18.8 Å². The number of carbonyl (C=O) groups is 2. The van der Waals surface area contributed by atoms with Gasteiger partial charge in [-0.2, -0.15) is 13.2 Å². The summed E-state index contributed by atoms with van der Waals surface area (Å²) in [6.07, 6.45) is -2.67. The molecule has 1 aliphatic rings. The number of aromatic nitrogens is 1. The lowest BCUT2D eigenvalue weighted by atomic mass is 10.0. The Balaban J connectivity index is 2.00. The molecule has 2 aromatic rings. The number of piperidine rings is 1.